The van der Waals surface area contributed by atoms with Gasteiger partial charge in [-0.2, -0.15) is 0 Å². The lowest BCUT2D eigenvalue weighted by atomic mass is 9.80. The third-order valence-electron chi connectivity index (χ3n) is 7.37. The lowest BCUT2D eigenvalue weighted by Gasteiger charge is -2.37. The first-order chi connectivity index (χ1) is 19.9. The summed E-state index contributed by atoms with van der Waals surface area (Å²) in [7, 11) is 3.22. The van der Waals surface area contributed by atoms with Gasteiger partial charge in [0, 0.05) is 12.6 Å². The molecule has 3 atom stereocenters. The Labute approximate surface area is 237 Å². The molecule has 5 rings (SSSR count). The molecule has 0 aliphatic carbocycles. The molecule has 41 heavy (non-hydrogen) atoms. The number of hydrogen-bond acceptors (Lipinski definition) is 7. The van der Waals surface area contributed by atoms with E-state index in [-0.39, 0.29) is 18.6 Å². The van der Waals surface area contributed by atoms with Crippen LogP contribution < -0.4 is 20.7 Å². The summed E-state index contributed by atoms with van der Waals surface area (Å²) in [5.41, 5.74) is 0.515. The maximum Gasteiger partial charge on any atom is 0.330 e. The maximum absolute atomic E-state index is 12.5. The van der Waals surface area contributed by atoms with Gasteiger partial charge in [0.05, 0.1) is 32.5 Å². The second-order valence-corrected chi connectivity index (χ2v) is 9.70. The van der Waals surface area contributed by atoms with E-state index < -0.39 is 35.3 Å². The molecule has 0 amide bonds. The maximum atomic E-state index is 12.5. The summed E-state index contributed by atoms with van der Waals surface area (Å²) >= 11 is 0. The number of aliphatic hydroxyl groups excluding tert-OH is 1. The van der Waals surface area contributed by atoms with Crippen molar-refractivity contribution in [1.29, 1.82) is 0 Å². The van der Waals surface area contributed by atoms with Gasteiger partial charge in [-0.3, -0.25) is 14.3 Å². The molecule has 9 heteroatoms. The highest BCUT2D eigenvalue weighted by Gasteiger charge is 2.42. The van der Waals surface area contributed by atoms with Crippen LogP contribution in [-0.2, 0) is 15.1 Å². The Bertz CT molecular complexity index is 1550. The number of nitrogens with zero attached hydrogens (tertiary/aromatic N) is 1. The summed E-state index contributed by atoms with van der Waals surface area (Å²) in [6.07, 6.45) is 0.405. The van der Waals surface area contributed by atoms with Gasteiger partial charge in [-0.05, 0) is 41.0 Å². The van der Waals surface area contributed by atoms with E-state index in [1.807, 2.05) is 78.9 Å². The van der Waals surface area contributed by atoms with Crippen molar-refractivity contribution in [2.24, 2.45) is 0 Å². The molecule has 3 aromatic carbocycles. The second-order valence-electron chi connectivity index (χ2n) is 9.70. The molecular weight excluding hydrogens is 524 g/mol. The zero-order chi connectivity index (χ0) is 29.0. The molecule has 1 aliphatic heterocycles. The van der Waals surface area contributed by atoms with E-state index in [0.717, 1.165) is 16.7 Å². The third kappa shape index (κ3) is 5.47. The third-order valence-corrected chi connectivity index (χ3v) is 7.37. The molecule has 1 aliphatic rings. The second kappa shape index (κ2) is 12.0. The number of H-pyrrole nitrogens is 1. The molecule has 2 N–H and O–H groups in total. The van der Waals surface area contributed by atoms with Crippen LogP contribution in [0.2, 0.25) is 0 Å². The van der Waals surface area contributed by atoms with Gasteiger partial charge in [0.1, 0.15) is 29.4 Å². The molecule has 212 valence electrons. The van der Waals surface area contributed by atoms with Crippen LogP contribution in [0.3, 0.4) is 0 Å². The Morgan fingerprint density at radius 3 is 2.05 bits per heavy atom. The molecule has 9 nitrogen and oxygen atoms in total. The predicted molar refractivity (Wildman–Crippen MR) is 154 cm³/mol. The van der Waals surface area contributed by atoms with Crippen molar-refractivity contribution in [2.75, 3.05) is 20.8 Å². The molecular formula is C32H32N2O7. The Morgan fingerprint density at radius 1 is 0.951 bits per heavy atom. The standard InChI is InChI=1S/C32H32N2O7/c1-4-21-19-34(31(37)33-30(21)36)29-18-27(35)28(41-29)20-40-32(22-8-6-5-7-9-22,23-10-14-25(38-2)15-11-23)24-12-16-26(39-3)17-13-24/h4-17,19,27-29,35H,1,18,20H2,2-3H3,(H,33,36,37)/t27-,28+,29+/m0/s1. The van der Waals surface area contributed by atoms with Crippen LogP contribution in [0.15, 0.2) is 101 Å². The van der Waals surface area contributed by atoms with Crippen molar-refractivity contribution in [2.45, 2.75) is 30.5 Å². The molecule has 1 fully saturated rings. The Kier molecular flexibility index (Phi) is 8.21. The minimum absolute atomic E-state index is 0.00294. The quantitative estimate of drug-likeness (QED) is 0.286. The number of aromatic amines is 1. The smallest absolute Gasteiger partial charge is 0.330 e. The van der Waals surface area contributed by atoms with Crippen molar-refractivity contribution in [3.05, 3.63) is 135 Å². The molecule has 2 heterocycles. The topological polar surface area (TPSA) is 112 Å². The number of aliphatic hydroxyl groups is 1. The van der Waals surface area contributed by atoms with E-state index in [4.69, 9.17) is 18.9 Å². The number of nitrogens with one attached hydrogen (secondary N) is 1. The summed E-state index contributed by atoms with van der Waals surface area (Å²) in [5.74, 6) is 1.40. The van der Waals surface area contributed by atoms with Crippen LogP contribution in [0.4, 0.5) is 0 Å². The van der Waals surface area contributed by atoms with Gasteiger partial charge in [0.2, 0.25) is 0 Å². The molecule has 1 saturated heterocycles. The predicted octanol–water partition coefficient (Wildman–Crippen LogP) is 3.85. The zero-order valence-electron chi connectivity index (χ0n) is 22.9. The first-order valence-electron chi connectivity index (χ1n) is 13.2. The highest BCUT2D eigenvalue weighted by molar-refractivity contribution is 5.49. The van der Waals surface area contributed by atoms with Crippen LogP contribution >= 0.6 is 0 Å². The molecule has 1 aromatic heterocycles. The van der Waals surface area contributed by atoms with Gasteiger partial charge >= 0.3 is 5.69 Å². The van der Waals surface area contributed by atoms with Crippen molar-refractivity contribution in [1.82, 2.24) is 9.55 Å². The lowest BCUT2D eigenvalue weighted by molar-refractivity contribution is -0.0944. The van der Waals surface area contributed by atoms with Crippen molar-refractivity contribution in [3.63, 3.8) is 0 Å². The van der Waals surface area contributed by atoms with Crippen LogP contribution in [0.25, 0.3) is 6.08 Å². The van der Waals surface area contributed by atoms with Crippen LogP contribution in [0.5, 0.6) is 11.5 Å². The van der Waals surface area contributed by atoms with Crippen molar-refractivity contribution in [3.8, 4) is 11.5 Å². The Balaban J connectivity index is 1.53. The molecule has 4 aromatic rings. The SMILES string of the molecule is C=Cc1cn([C@H]2C[C@H](O)[C@@H](COC(c3ccccc3)(c3ccc(OC)cc3)c3ccc(OC)cc3)O2)c(=O)[nH]c1=O. The molecule has 0 saturated carbocycles. The van der Waals surface area contributed by atoms with Gasteiger partial charge in [0.15, 0.2) is 0 Å². The van der Waals surface area contributed by atoms with Gasteiger partial charge < -0.3 is 24.1 Å². The van der Waals surface area contributed by atoms with Crippen molar-refractivity contribution < 1.29 is 24.1 Å². The minimum Gasteiger partial charge on any atom is -0.497 e. The molecule has 0 spiro atoms. The highest BCUT2D eigenvalue weighted by atomic mass is 16.6. The van der Waals surface area contributed by atoms with Gasteiger partial charge in [-0.25, -0.2) is 4.79 Å². The Hall–Kier alpha value is -4.44. The molecule has 0 unspecified atom stereocenters. The summed E-state index contributed by atoms with van der Waals surface area (Å²) in [4.78, 5) is 26.8. The van der Waals surface area contributed by atoms with Crippen LogP contribution in [0, 0.1) is 0 Å². The minimum atomic E-state index is -1.09. The first-order valence-corrected chi connectivity index (χ1v) is 13.2. The van der Waals surface area contributed by atoms with E-state index in [9.17, 15) is 14.7 Å². The first kappa shape index (κ1) is 28.1. The van der Waals surface area contributed by atoms with E-state index in [0.29, 0.717) is 11.5 Å². The normalized spacial score (nSPS) is 18.7. The number of ether oxygens (including phenoxy) is 4. The van der Waals surface area contributed by atoms with Crippen molar-refractivity contribution >= 4 is 6.08 Å². The number of rotatable bonds is 10. The van der Waals surface area contributed by atoms with E-state index in [1.54, 1.807) is 14.2 Å². The summed E-state index contributed by atoms with van der Waals surface area (Å²) in [6.45, 7) is 3.62. The fourth-order valence-corrected chi connectivity index (χ4v) is 5.18. The fourth-order valence-electron chi connectivity index (χ4n) is 5.18. The summed E-state index contributed by atoms with van der Waals surface area (Å²) in [6, 6.07) is 25.1. The van der Waals surface area contributed by atoms with Gasteiger partial charge in [-0.1, -0.05) is 67.3 Å². The monoisotopic (exact) mass is 556 g/mol. The highest BCUT2D eigenvalue weighted by Crippen LogP contribution is 2.42. The van der Waals surface area contributed by atoms with E-state index in [2.05, 4.69) is 11.6 Å². The van der Waals surface area contributed by atoms with E-state index >= 15 is 0 Å². The average Bonchev–Trinajstić information content (AvgIpc) is 3.38. The van der Waals surface area contributed by atoms with Gasteiger partial charge in [-0.15, -0.1) is 0 Å². The van der Waals surface area contributed by atoms with Gasteiger partial charge in [0.25, 0.3) is 5.56 Å². The van der Waals surface area contributed by atoms with Crippen LogP contribution in [-0.4, -0.2) is 47.7 Å². The summed E-state index contributed by atoms with van der Waals surface area (Å²) < 4.78 is 25.0. The van der Waals surface area contributed by atoms with Crippen LogP contribution in [0.1, 0.15) is 34.9 Å². The molecule has 0 bridgehead atoms. The Morgan fingerprint density at radius 2 is 1.51 bits per heavy atom. The molecule has 0 radical (unpaired) electrons. The largest absolute Gasteiger partial charge is 0.497 e. The average molecular weight is 557 g/mol. The number of methoxy groups -OCH3 is 2. The number of aromatic nitrogens is 2. The fraction of sp³-hybridized carbons (Fsp3) is 0.250. The number of hydrogen-bond donors (Lipinski definition) is 2. The van der Waals surface area contributed by atoms with E-state index in [1.165, 1.54) is 16.8 Å². The zero-order valence-corrected chi connectivity index (χ0v) is 22.9. The lowest BCUT2D eigenvalue weighted by Crippen LogP contribution is -2.38. The summed E-state index contributed by atoms with van der Waals surface area (Å²) in [5, 5.41) is 11.0. The number of benzene rings is 3.